The summed E-state index contributed by atoms with van der Waals surface area (Å²) in [6.45, 7) is 0. The van der Waals surface area contributed by atoms with Gasteiger partial charge in [0.2, 0.25) is 0 Å². The number of hydrogen-bond acceptors (Lipinski definition) is 0. The van der Waals surface area contributed by atoms with Crippen LogP contribution in [0.4, 0.5) is 32.6 Å². The summed E-state index contributed by atoms with van der Waals surface area (Å²) < 4.78 is 103. The number of alkyl halides is 3. The van der Waals surface area contributed by atoms with Gasteiger partial charge in [0.25, 0.3) is 0 Å². The zero-order chi connectivity index (χ0) is 14.5. The zero-order valence-electron chi connectivity index (χ0n) is 9.10. The predicted molar refractivity (Wildman–Crippen MR) is 53.9 cm³/mol. The van der Waals surface area contributed by atoms with E-state index in [0.717, 1.165) is 12.2 Å². The van der Waals surface area contributed by atoms with Gasteiger partial charge in [0.1, 0.15) is 0 Å². The van der Waals surface area contributed by atoms with Gasteiger partial charge in [-0.15, -0.1) is 0 Å². The third-order valence-electron chi connectivity index (χ3n) is 3.96. The van der Waals surface area contributed by atoms with Gasteiger partial charge >= 0.3 is 16.4 Å². The topological polar surface area (TPSA) is 0 Å². The molecule has 4 atom stereocenters. The standard InChI is InChI=1S/C10H8F8S/c11-10(12,13)8-4-1-2-5(7-3-6(4)7)9(8)19(14,15,16,17)18/h1-2,4-7H,3H2. The third-order valence-corrected chi connectivity index (χ3v) is 5.29. The van der Waals surface area contributed by atoms with Crippen molar-refractivity contribution in [2.75, 3.05) is 0 Å². The highest BCUT2D eigenvalue weighted by molar-refractivity contribution is 8.48. The molecule has 19 heavy (non-hydrogen) atoms. The third kappa shape index (κ3) is 1.88. The summed E-state index contributed by atoms with van der Waals surface area (Å²) in [6.07, 6.45) is -3.39. The van der Waals surface area contributed by atoms with Crippen LogP contribution in [0.2, 0.25) is 0 Å². The quantitative estimate of drug-likeness (QED) is 0.440. The van der Waals surface area contributed by atoms with Crippen LogP contribution < -0.4 is 0 Å². The van der Waals surface area contributed by atoms with Gasteiger partial charge in [0.05, 0.1) is 10.5 Å². The fourth-order valence-corrected chi connectivity index (χ4v) is 4.75. The monoisotopic (exact) mass is 312 g/mol. The Morgan fingerprint density at radius 1 is 0.895 bits per heavy atom. The van der Waals surface area contributed by atoms with Crippen LogP contribution in [0.3, 0.4) is 0 Å². The van der Waals surface area contributed by atoms with E-state index in [-0.39, 0.29) is 6.42 Å². The first-order chi connectivity index (χ1) is 8.20. The van der Waals surface area contributed by atoms with Gasteiger partial charge in [0, 0.05) is 11.8 Å². The highest BCUT2D eigenvalue weighted by Gasteiger charge is 2.76. The summed E-state index contributed by atoms with van der Waals surface area (Å²) in [6, 6.07) is 0. The molecular formula is C10H8F8S. The van der Waals surface area contributed by atoms with E-state index in [9.17, 15) is 32.6 Å². The molecule has 2 bridgehead atoms. The molecule has 4 aliphatic carbocycles. The second kappa shape index (κ2) is 2.68. The van der Waals surface area contributed by atoms with E-state index in [4.69, 9.17) is 0 Å². The molecule has 0 amide bonds. The van der Waals surface area contributed by atoms with Crippen LogP contribution in [-0.4, -0.2) is 6.18 Å². The number of hydrogen-bond donors (Lipinski definition) is 0. The smallest absolute Gasteiger partial charge is 0.166 e. The van der Waals surface area contributed by atoms with Crippen molar-refractivity contribution in [2.24, 2.45) is 23.7 Å². The molecule has 4 unspecified atom stereocenters. The molecule has 0 saturated heterocycles. The van der Waals surface area contributed by atoms with Crippen molar-refractivity contribution < 1.29 is 32.6 Å². The lowest BCUT2D eigenvalue weighted by Crippen LogP contribution is -2.36. The summed E-state index contributed by atoms with van der Waals surface area (Å²) in [5, 5.41) is 0. The molecule has 1 fully saturated rings. The Bertz CT molecular complexity index is 522. The molecule has 9 heteroatoms. The van der Waals surface area contributed by atoms with Crippen LogP contribution in [0.1, 0.15) is 6.42 Å². The summed E-state index contributed by atoms with van der Waals surface area (Å²) in [5.41, 5.74) is -2.07. The Hall–Kier alpha value is -0.730. The maximum atomic E-state index is 12.9. The van der Waals surface area contributed by atoms with E-state index < -0.39 is 50.6 Å². The molecule has 0 aromatic rings. The van der Waals surface area contributed by atoms with Crippen LogP contribution in [0.15, 0.2) is 22.6 Å². The molecule has 4 rings (SSSR count). The van der Waals surface area contributed by atoms with Gasteiger partial charge in [-0.1, -0.05) is 31.6 Å². The molecule has 0 aromatic carbocycles. The lowest BCUT2D eigenvalue weighted by Gasteiger charge is -2.50. The van der Waals surface area contributed by atoms with E-state index in [1.807, 2.05) is 0 Å². The lowest BCUT2D eigenvalue weighted by molar-refractivity contribution is -0.101. The Labute approximate surface area is 102 Å². The molecule has 0 spiro atoms. The molecule has 0 radical (unpaired) electrons. The summed E-state index contributed by atoms with van der Waals surface area (Å²) in [4.78, 5) is -2.60. The molecule has 110 valence electrons. The Kier molecular flexibility index (Phi) is 1.87. The van der Waals surface area contributed by atoms with Crippen molar-refractivity contribution >= 4 is 10.2 Å². The second-order valence-corrected chi connectivity index (χ2v) is 7.62. The van der Waals surface area contributed by atoms with Crippen molar-refractivity contribution in [1.29, 1.82) is 0 Å². The molecule has 0 aliphatic heterocycles. The molecular weight excluding hydrogens is 304 g/mol. The predicted octanol–water partition coefficient (Wildman–Crippen LogP) is 5.55. The Morgan fingerprint density at radius 3 is 1.84 bits per heavy atom. The highest BCUT2D eigenvalue weighted by Crippen LogP contribution is 3.04. The van der Waals surface area contributed by atoms with Gasteiger partial charge in [-0.3, -0.25) is 0 Å². The summed E-state index contributed by atoms with van der Waals surface area (Å²) in [5.74, 6) is -4.72. The van der Waals surface area contributed by atoms with Gasteiger partial charge in [-0.05, 0) is 18.3 Å². The van der Waals surface area contributed by atoms with Crippen LogP contribution >= 0.6 is 10.2 Å². The first-order valence-electron chi connectivity index (χ1n) is 5.44. The van der Waals surface area contributed by atoms with Gasteiger partial charge in [-0.25, -0.2) is 0 Å². The average molecular weight is 312 g/mol. The number of halogens is 8. The van der Waals surface area contributed by atoms with Crippen LogP contribution in [0.25, 0.3) is 0 Å². The molecule has 0 aromatic heterocycles. The molecule has 0 nitrogen and oxygen atoms in total. The summed E-state index contributed by atoms with van der Waals surface area (Å²) in [7, 11) is -10.3. The van der Waals surface area contributed by atoms with Crippen LogP contribution in [0.5, 0.6) is 0 Å². The van der Waals surface area contributed by atoms with Crippen molar-refractivity contribution in [3.63, 3.8) is 0 Å². The number of rotatable bonds is 1. The fourth-order valence-electron chi connectivity index (χ4n) is 3.32. The Balaban J connectivity index is 2.29. The van der Waals surface area contributed by atoms with E-state index in [1.165, 1.54) is 0 Å². The molecule has 4 aliphatic rings. The minimum Gasteiger partial charge on any atom is -0.166 e. The maximum absolute atomic E-state index is 12.9. The highest BCUT2D eigenvalue weighted by atomic mass is 32.5. The van der Waals surface area contributed by atoms with Crippen LogP contribution in [0, 0.1) is 23.7 Å². The second-order valence-electron chi connectivity index (χ2n) is 5.24. The van der Waals surface area contributed by atoms with E-state index in [0.29, 0.717) is 0 Å². The van der Waals surface area contributed by atoms with Crippen LogP contribution in [-0.2, 0) is 0 Å². The molecule has 0 N–H and O–H groups in total. The number of allylic oxidation sites excluding steroid dienone is 4. The maximum Gasteiger partial charge on any atom is 0.414 e. The first-order valence-corrected chi connectivity index (χ1v) is 7.39. The molecule has 1 saturated carbocycles. The minimum absolute atomic E-state index is 0.138. The minimum atomic E-state index is -10.3. The van der Waals surface area contributed by atoms with Gasteiger partial charge in [0.15, 0.2) is 0 Å². The fraction of sp³-hybridized carbons (Fsp3) is 0.600. The normalized spacial score (nSPS) is 40.8. The lowest BCUT2D eigenvalue weighted by atomic mass is 9.76. The largest absolute Gasteiger partial charge is 0.414 e. The zero-order valence-corrected chi connectivity index (χ0v) is 9.92. The SMILES string of the molecule is FC(F)(F)C1=C(S(F)(F)(F)(F)F)C2C=CC1C1CC21. The van der Waals surface area contributed by atoms with Crippen molar-refractivity contribution in [1.82, 2.24) is 0 Å². The van der Waals surface area contributed by atoms with Crippen molar-refractivity contribution in [2.45, 2.75) is 12.6 Å². The van der Waals surface area contributed by atoms with Gasteiger partial charge < -0.3 is 0 Å². The average Bonchev–Trinajstić information content (AvgIpc) is 2.91. The van der Waals surface area contributed by atoms with Crippen molar-refractivity contribution in [3.05, 3.63) is 22.6 Å². The van der Waals surface area contributed by atoms with Crippen molar-refractivity contribution in [3.8, 4) is 0 Å². The first kappa shape index (κ1) is 13.3. The van der Waals surface area contributed by atoms with Gasteiger partial charge in [-0.2, -0.15) is 13.2 Å². The van der Waals surface area contributed by atoms with E-state index in [1.54, 1.807) is 0 Å². The summed E-state index contributed by atoms with van der Waals surface area (Å²) >= 11 is 0. The van der Waals surface area contributed by atoms with E-state index >= 15 is 0 Å². The Morgan fingerprint density at radius 2 is 1.37 bits per heavy atom. The molecule has 0 heterocycles. The van der Waals surface area contributed by atoms with E-state index in [2.05, 4.69) is 0 Å².